The summed E-state index contributed by atoms with van der Waals surface area (Å²) < 4.78 is 0. The summed E-state index contributed by atoms with van der Waals surface area (Å²) in [6.45, 7) is 9.29. The lowest BCUT2D eigenvalue weighted by atomic mass is 10.1. The van der Waals surface area contributed by atoms with Gasteiger partial charge in [0.2, 0.25) is 0 Å². The summed E-state index contributed by atoms with van der Waals surface area (Å²) >= 11 is 5.93. The molecule has 0 aromatic rings. The van der Waals surface area contributed by atoms with Gasteiger partial charge in [0.05, 0.1) is 0 Å². The van der Waals surface area contributed by atoms with E-state index in [4.69, 9.17) is 11.6 Å². The Morgan fingerprint density at radius 2 is 1.86 bits per heavy atom. The van der Waals surface area contributed by atoms with E-state index in [1.807, 2.05) is 0 Å². The fraction of sp³-hybridized carbons (Fsp3) is 1.00. The molecule has 84 valence electrons. The Hall–Kier alpha value is 0.210. The molecule has 0 radical (unpaired) electrons. The van der Waals surface area contributed by atoms with Crippen LogP contribution in [0.5, 0.6) is 0 Å². The molecule has 1 aliphatic rings. The summed E-state index contributed by atoms with van der Waals surface area (Å²) in [6.07, 6.45) is 2.76. The lowest BCUT2D eigenvalue weighted by molar-refractivity contribution is 0.157. The Morgan fingerprint density at radius 1 is 1.29 bits per heavy atom. The van der Waals surface area contributed by atoms with Gasteiger partial charge in [-0.05, 0) is 46.8 Å². The monoisotopic (exact) mass is 218 g/mol. The van der Waals surface area contributed by atoms with Crippen molar-refractivity contribution in [3.8, 4) is 0 Å². The molecule has 2 nitrogen and oxygen atoms in total. The van der Waals surface area contributed by atoms with E-state index >= 15 is 0 Å². The van der Waals surface area contributed by atoms with E-state index in [1.165, 1.54) is 32.5 Å². The third kappa shape index (κ3) is 3.41. The first-order valence-corrected chi connectivity index (χ1v) is 6.09. The van der Waals surface area contributed by atoms with Crippen LogP contribution in [0, 0.1) is 0 Å². The summed E-state index contributed by atoms with van der Waals surface area (Å²) in [6, 6.07) is 0. The molecule has 0 bridgehead atoms. The zero-order valence-corrected chi connectivity index (χ0v) is 10.5. The van der Waals surface area contributed by atoms with Crippen LogP contribution in [0.3, 0.4) is 0 Å². The third-order valence-corrected chi connectivity index (χ3v) is 3.96. The topological polar surface area (TPSA) is 6.48 Å². The second kappa shape index (κ2) is 5.34. The minimum absolute atomic E-state index is 0.126. The maximum absolute atomic E-state index is 5.93. The minimum Gasteiger partial charge on any atom is -0.302 e. The predicted molar refractivity (Wildman–Crippen MR) is 63.1 cm³/mol. The van der Waals surface area contributed by atoms with Crippen molar-refractivity contribution in [3.05, 3.63) is 0 Å². The molecule has 0 N–H and O–H groups in total. The van der Waals surface area contributed by atoms with E-state index in [1.54, 1.807) is 0 Å². The maximum Gasteiger partial charge on any atom is 0.0402 e. The summed E-state index contributed by atoms with van der Waals surface area (Å²) in [7, 11) is 2.17. The van der Waals surface area contributed by atoms with E-state index in [0.717, 1.165) is 6.54 Å². The van der Waals surface area contributed by atoms with Gasteiger partial charge in [-0.25, -0.2) is 0 Å². The minimum atomic E-state index is 0.126. The quantitative estimate of drug-likeness (QED) is 0.652. The predicted octanol–water partition coefficient (Wildman–Crippen LogP) is 2.03. The molecule has 0 amide bonds. The average Bonchev–Trinajstić information content (AvgIpc) is 2.66. The highest BCUT2D eigenvalue weighted by Crippen LogP contribution is 2.14. The molecule has 1 heterocycles. The molecule has 0 atom stereocenters. The number of rotatable bonds is 5. The normalized spacial score (nSPS) is 19.5. The van der Waals surface area contributed by atoms with Crippen LogP contribution < -0.4 is 0 Å². The van der Waals surface area contributed by atoms with Gasteiger partial charge in [0.1, 0.15) is 0 Å². The molecule has 3 heteroatoms. The van der Waals surface area contributed by atoms with Gasteiger partial charge in [0.25, 0.3) is 0 Å². The highest BCUT2D eigenvalue weighted by Gasteiger charge is 2.22. The van der Waals surface area contributed by atoms with E-state index in [2.05, 4.69) is 30.7 Å². The molecule has 0 spiro atoms. The standard InChI is InChI=1S/C11H23ClN2/c1-11(2,10-12)13(3)8-9-14-6-4-5-7-14/h4-10H2,1-3H3. The second-order valence-corrected chi connectivity index (χ2v) is 5.18. The van der Waals surface area contributed by atoms with Gasteiger partial charge in [-0.3, -0.25) is 4.90 Å². The van der Waals surface area contributed by atoms with Gasteiger partial charge in [-0.15, -0.1) is 11.6 Å². The van der Waals surface area contributed by atoms with Crippen molar-refractivity contribution in [2.45, 2.75) is 32.2 Å². The van der Waals surface area contributed by atoms with Gasteiger partial charge in [-0.2, -0.15) is 0 Å². The molecule has 14 heavy (non-hydrogen) atoms. The average molecular weight is 219 g/mol. The lowest BCUT2D eigenvalue weighted by Gasteiger charge is -2.34. The van der Waals surface area contributed by atoms with Gasteiger partial charge in [0, 0.05) is 24.5 Å². The Morgan fingerprint density at radius 3 is 2.36 bits per heavy atom. The number of likely N-dealkylation sites (N-methyl/N-ethyl adjacent to an activating group) is 1. The fourth-order valence-electron chi connectivity index (χ4n) is 1.70. The van der Waals surface area contributed by atoms with Crippen LogP contribution in [0.15, 0.2) is 0 Å². The molecular formula is C11H23ClN2. The SMILES string of the molecule is CN(CCN1CCCC1)C(C)(C)CCl. The van der Waals surface area contributed by atoms with Crippen molar-refractivity contribution in [2.24, 2.45) is 0 Å². The molecule has 0 aromatic carbocycles. The molecule has 0 saturated carbocycles. The van der Waals surface area contributed by atoms with Crippen molar-refractivity contribution in [3.63, 3.8) is 0 Å². The van der Waals surface area contributed by atoms with E-state index < -0.39 is 0 Å². The zero-order chi connectivity index (χ0) is 10.6. The largest absolute Gasteiger partial charge is 0.302 e. The van der Waals surface area contributed by atoms with Crippen molar-refractivity contribution in [1.29, 1.82) is 0 Å². The Labute approximate surface area is 93.2 Å². The van der Waals surface area contributed by atoms with Crippen molar-refractivity contribution in [1.82, 2.24) is 9.80 Å². The smallest absolute Gasteiger partial charge is 0.0402 e. The molecule has 1 aliphatic heterocycles. The summed E-state index contributed by atoms with van der Waals surface area (Å²) in [5.74, 6) is 0.698. The molecule has 1 saturated heterocycles. The van der Waals surface area contributed by atoms with Gasteiger partial charge < -0.3 is 4.90 Å². The van der Waals surface area contributed by atoms with Crippen LogP contribution in [0.25, 0.3) is 0 Å². The number of nitrogens with zero attached hydrogens (tertiary/aromatic N) is 2. The molecule has 1 fully saturated rings. The third-order valence-electron chi connectivity index (χ3n) is 3.31. The van der Waals surface area contributed by atoms with Crippen LogP contribution in [-0.4, -0.2) is 54.4 Å². The van der Waals surface area contributed by atoms with Gasteiger partial charge >= 0.3 is 0 Å². The van der Waals surface area contributed by atoms with Crippen molar-refractivity contribution >= 4 is 11.6 Å². The zero-order valence-electron chi connectivity index (χ0n) is 9.72. The van der Waals surface area contributed by atoms with E-state index in [0.29, 0.717) is 5.88 Å². The van der Waals surface area contributed by atoms with Crippen LogP contribution in [0.1, 0.15) is 26.7 Å². The van der Waals surface area contributed by atoms with Crippen molar-refractivity contribution in [2.75, 3.05) is 39.1 Å². The van der Waals surface area contributed by atoms with Gasteiger partial charge in [-0.1, -0.05) is 0 Å². The summed E-state index contributed by atoms with van der Waals surface area (Å²) in [4.78, 5) is 4.90. The number of halogens is 1. The first kappa shape index (κ1) is 12.3. The Bertz CT molecular complexity index is 165. The molecule has 1 rings (SSSR count). The van der Waals surface area contributed by atoms with E-state index in [9.17, 15) is 0 Å². The first-order valence-electron chi connectivity index (χ1n) is 5.56. The maximum atomic E-state index is 5.93. The van der Waals surface area contributed by atoms with Crippen LogP contribution in [-0.2, 0) is 0 Å². The van der Waals surface area contributed by atoms with Crippen LogP contribution >= 0.6 is 11.6 Å². The number of likely N-dealkylation sites (tertiary alicyclic amines) is 1. The van der Waals surface area contributed by atoms with Crippen molar-refractivity contribution < 1.29 is 0 Å². The number of alkyl halides is 1. The summed E-state index contributed by atoms with van der Waals surface area (Å²) in [5.41, 5.74) is 0.126. The summed E-state index contributed by atoms with van der Waals surface area (Å²) in [5, 5.41) is 0. The van der Waals surface area contributed by atoms with E-state index in [-0.39, 0.29) is 5.54 Å². The molecule has 0 aromatic heterocycles. The highest BCUT2D eigenvalue weighted by molar-refractivity contribution is 6.18. The second-order valence-electron chi connectivity index (χ2n) is 4.92. The van der Waals surface area contributed by atoms with Crippen LogP contribution in [0.4, 0.5) is 0 Å². The number of hydrogen-bond donors (Lipinski definition) is 0. The Balaban J connectivity index is 2.22. The van der Waals surface area contributed by atoms with Gasteiger partial charge in [0.15, 0.2) is 0 Å². The molecule has 0 unspecified atom stereocenters. The fourth-order valence-corrected chi connectivity index (χ4v) is 1.91. The van der Waals surface area contributed by atoms with Crippen LogP contribution in [0.2, 0.25) is 0 Å². The number of hydrogen-bond acceptors (Lipinski definition) is 2. The highest BCUT2D eigenvalue weighted by atomic mass is 35.5. The Kier molecular flexibility index (Phi) is 4.68. The first-order chi connectivity index (χ1) is 6.56. The lowest BCUT2D eigenvalue weighted by Crippen LogP contribution is -2.46. The molecule has 0 aliphatic carbocycles. The molecular weight excluding hydrogens is 196 g/mol.